The van der Waals surface area contributed by atoms with Gasteiger partial charge in [0.25, 0.3) is 11.7 Å². The van der Waals surface area contributed by atoms with Gasteiger partial charge in [0.2, 0.25) is 0 Å². The quantitative estimate of drug-likeness (QED) is 0.561. The second-order valence-corrected chi connectivity index (χ2v) is 7.82. The Morgan fingerprint density at radius 1 is 1.00 bits per heavy atom. The van der Waals surface area contributed by atoms with Gasteiger partial charge < -0.3 is 4.90 Å². The monoisotopic (exact) mass is 430 g/mol. The molecular formula is C20H20F2N6OS. The molecule has 0 aliphatic carbocycles. The molecular weight excluding hydrogens is 410 g/mol. The van der Waals surface area contributed by atoms with Crippen LogP contribution in [0.2, 0.25) is 0 Å². The Labute approximate surface area is 176 Å². The van der Waals surface area contributed by atoms with Crippen molar-refractivity contribution in [3.8, 4) is 5.69 Å². The lowest BCUT2D eigenvalue weighted by Crippen LogP contribution is -2.48. The number of halogens is 2. The first-order valence-corrected chi connectivity index (χ1v) is 10.4. The molecule has 1 aromatic heterocycles. The minimum Gasteiger partial charge on any atom is -0.336 e. The highest BCUT2D eigenvalue weighted by molar-refractivity contribution is 7.99. The van der Waals surface area contributed by atoms with Crippen LogP contribution in [0.15, 0.2) is 59.5 Å². The van der Waals surface area contributed by atoms with E-state index in [1.165, 1.54) is 0 Å². The Balaban J connectivity index is 1.39. The minimum atomic E-state index is -2.56. The van der Waals surface area contributed by atoms with Crippen LogP contribution in [0.1, 0.15) is 16.2 Å². The van der Waals surface area contributed by atoms with Crippen molar-refractivity contribution in [2.75, 3.05) is 26.2 Å². The number of hydrogen-bond donors (Lipinski definition) is 0. The van der Waals surface area contributed by atoms with Gasteiger partial charge in [-0.2, -0.15) is 13.5 Å². The normalized spacial score (nSPS) is 15.0. The van der Waals surface area contributed by atoms with Crippen LogP contribution in [0.25, 0.3) is 5.69 Å². The van der Waals surface area contributed by atoms with Crippen LogP contribution in [0.4, 0.5) is 8.78 Å². The zero-order valence-corrected chi connectivity index (χ0v) is 16.9. The van der Waals surface area contributed by atoms with E-state index in [-0.39, 0.29) is 5.91 Å². The van der Waals surface area contributed by atoms with Crippen molar-refractivity contribution in [1.29, 1.82) is 0 Å². The Bertz CT molecular complexity index is 992. The maximum atomic E-state index is 12.9. The molecule has 2 heterocycles. The molecule has 0 N–H and O–H groups in total. The molecule has 156 valence electrons. The smallest absolute Gasteiger partial charge is 0.288 e. The van der Waals surface area contributed by atoms with Crippen molar-refractivity contribution < 1.29 is 13.6 Å². The molecule has 30 heavy (non-hydrogen) atoms. The molecule has 0 unspecified atom stereocenters. The summed E-state index contributed by atoms with van der Waals surface area (Å²) in [7, 11) is 0. The summed E-state index contributed by atoms with van der Waals surface area (Å²) in [5, 5.41) is 12.0. The Morgan fingerprint density at radius 2 is 1.70 bits per heavy atom. The number of aromatic nitrogens is 4. The largest absolute Gasteiger partial charge is 0.336 e. The number of nitrogens with zero attached hydrogens (tertiary/aromatic N) is 6. The molecule has 1 saturated heterocycles. The van der Waals surface area contributed by atoms with Crippen LogP contribution in [-0.2, 0) is 6.54 Å². The van der Waals surface area contributed by atoms with E-state index in [0.717, 1.165) is 11.5 Å². The van der Waals surface area contributed by atoms with Crippen LogP contribution < -0.4 is 0 Å². The average molecular weight is 430 g/mol. The second kappa shape index (κ2) is 9.31. The number of tetrazole rings is 1. The van der Waals surface area contributed by atoms with Crippen molar-refractivity contribution in [3.05, 3.63) is 66.0 Å². The first-order chi connectivity index (χ1) is 14.6. The van der Waals surface area contributed by atoms with Crippen LogP contribution in [0, 0.1) is 0 Å². The fourth-order valence-electron chi connectivity index (χ4n) is 3.40. The number of carbonyl (C=O) groups excluding carboxylic acids is 1. The summed E-state index contributed by atoms with van der Waals surface area (Å²) < 4.78 is 27.3. The number of amides is 1. The maximum absolute atomic E-state index is 12.9. The average Bonchev–Trinajstić information content (AvgIpc) is 3.22. The van der Waals surface area contributed by atoms with Gasteiger partial charge >= 0.3 is 0 Å². The van der Waals surface area contributed by atoms with Gasteiger partial charge in [0.1, 0.15) is 0 Å². The number of rotatable bonds is 6. The SMILES string of the molecule is O=C(c1ccccc1SC(F)F)N1CCN(Cc2nnnn2-c2ccccc2)CC1. The molecule has 4 rings (SSSR count). The van der Waals surface area contributed by atoms with Crippen molar-refractivity contribution in [2.24, 2.45) is 0 Å². The van der Waals surface area contributed by atoms with Crippen molar-refractivity contribution in [1.82, 2.24) is 30.0 Å². The lowest BCUT2D eigenvalue weighted by molar-refractivity contribution is 0.0621. The van der Waals surface area contributed by atoms with Crippen LogP contribution in [-0.4, -0.2) is 67.9 Å². The van der Waals surface area contributed by atoms with Gasteiger partial charge in [-0.25, -0.2) is 0 Å². The first kappa shape index (κ1) is 20.4. The number of para-hydroxylation sites is 1. The number of benzene rings is 2. The molecule has 1 fully saturated rings. The zero-order valence-electron chi connectivity index (χ0n) is 16.1. The van der Waals surface area contributed by atoms with Crippen LogP contribution in [0.5, 0.6) is 0 Å². The third kappa shape index (κ3) is 4.65. The number of piperazine rings is 1. The molecule has 1 amide bonds. The summed E-state index contributed by atoms with van der Waals surface area (Å²) in [6, 6.07) is 16.2. The van der Waals surface area contributed by atoms with E-state index in [1.807, 2.05) is 30.3 Å². The fraction of sp³-hybridized carbons (Fsp3) is 0.300. The van der Waals surface area contributed by atoms with Crippen molar-refractivity contribution in [3.63, 3.8) is 0 Å². The Morgan fingerprint density at radius 3 is 2.43 bits per heavy atom. The highest BCUT2D eigenvalue weighted by atomic mass is 32.2. The molecule has 10 heteroatoms. The van der Waals surface area contributed by atoms with Gasteiger partial charge in [-0.15, -0.1) is 5.10 Å². The van der Waals surface area contributed by atoms with Gasteiger partial charge in [-0.05, 0) is 34.7 Å². The molecule has 3 aromatic rings. The van der Waals surface area contributed by atoms with E-state index in [0.29, 0.717) is 54.9 Å². The van der Waals surface area contributed by atoms with E-state index in [4.69, 9.17) is 0 Å². The van der Waals surface area contributed by atoms with E-state index in [1.54, 1.807) is 33.8 Å². The Hall–Kier alpha value is -2.85. The fourth-order valence-corrected chi connectivity index (χ4v) is 4.03. The van der Waals surface area contributed by atoms with Gasteiger partial charge in [0.15, 0.2) is 5.82 Å². The lowest BCUT2D eigenvalue weighted by atomic mass is 10.2. The second-order valence-electron chi connectivity index (χ2n) is 6.79. The third-order valence-electron chi connectivity index (χ3n) is 4.89. The predicted molar refractivity (Wildman–Crippen MR) is 109 cm³/mol. The topological polar surface area (TPSA) is 67.2 Å². The summed E-state index contributed by atoms with van der Waals surface area (Å²) in [6.45, 7) is 2.88. The highest BCUT2D eigenvalue weighted by Gasteiger charge is 2.25. The van der Waals surface area contributed by atoms with Gasteiger partial charge in [-0.1, -0.05) is 42.1 Å². The maximum Gasteiger partial charge on any atom is 0.288 e. The van der Waals surface area contributed by atoms with E-state index >= 15 is 0 Å². The summed E-state index contributed by atoms with van der Waals surface area (Å²) >= 11 is 0.404. The number of carbonyl (C=O) groups is 1. The number of alkyl halides is 2. The summed E-state index contributed by atoms with van der Waals surface area (Å²) in [5.74, 6) is -2.06. The van der Waals surface area contributed by atoms with E-state index in [2.05, 4.69) is 20.4 Å². The van der Waals surface area contributed by atoms with Crippen LogP contribution in [0.3, 0.4) is 0 Å². The highest BCUT2D eigenvalue weighted by Crippen LogP contribution is 2.29. The Kier molecular flexibility index (Phi) is 6.34. The summed E-state index contributed by atoms with van der Waals surface area (Å²) in [4.78, 5) is 17.1. The lowest BCUT2D eigenvalue weighted by Gasteiger charge is -2.34. The standard InChI is InChI=1S/C20H20F2N6OS/c21-20(22)30-17-9-5-4-8-16(17)19(29)27-12-10-26(11-13-27)14-18-23-24-25-28(18)15-6-2-1-3-7-15/h1-9,20H,10-14H2. The molecule has 0 radical (unpaired) electrons. The molecule has 0 saturated carbocycles. The molecule has 1 aliphatic rings. The van der Waals surface area contributed by atoms with Crippen molar-refractivity contribution in [2.45, 2.75) is 17.2 Å². The molecule has 0 atom stereocenters. The number of thioether (sulfide) groups is 1. The van der Waals surface area contributed by atoms with Crippen molar-refractivity contribution >= 4 is 17.7 Å². The molecule has 0 spiro atoms. The molecule has 2 aromatic carbocycles. The zero-order chi connectivity index (χ0) is 20.9. The summed E-state index contributed by atoms with van der Waals surface area (Å²) in [6.07, 6.45) is 0. The molecule has 1 aliphatic heterocycles. The van der Waals surface area contributed by atoms with Gasteiger partial charge in [0, 0.05) is 31.1 Å². The van der Waals surface area contributed by atoms with Gasteiger partial charge in [-0.3, -0.25) is 9.69 Å². The van der Waals surface area contributed by atoms with Gasteiger partial charge in [0.05, 0.1) is 17.8 Å². The molecule has 0 bridgehead atoms. The summed E-state index contributed by atoms with van der Waals surface area (Å²) in [5.41, 5.74) is 1.21. The minimum absolute atomic E-state index is 0.215. The first-order valence-electron chi connectivity index (χ1n) is 9.50. The van der Waals surface area contributed by atoms with Crippen LogP contribution >= 0.6 is 11.8 Å². The predicted octanol–water partition coefficient (Wildman–Crippen LogP) is 2.94. The van der Waals surface area contributed by atoms with E-state index < -0.39 is 5.76 Å². The molecule has 7 nitrogen and oxygen atoms in total. The van der Waals surface area contributed by atoms with E-state index in [9.17, 15) is 13.6 Å². The third-order valence-corrected chi connectivity index (χ3v) is 5.68. The number of hydrogen-bond acceptors (Lipinski definition) is 6.